The summed E-state index contributed by atoms with van der Waals surface area (Å²) in [6, 6.07) is 10.8. The molecule has 27 heavy (non-hydrogen) atoms. The maximum atomic E-state index is 11.9. The van der Waals surface area contributed by atoms with E-state index in [1.807, 2.05) is 32.0 Å². The molecule has 0 saturated heterocycles. The molecule has 0 atom stereocenters. The summed E-state index contributed by atoms with van der Waals surface area (Å²) in [7, 11) is 0. The topological polar surface area (TPSA) is 77.9 Å². The molecule has 0 unspecified atom stereocenters. The van der Waals surface area contributed by atoms with Crippen molar-refractivity contribution < 1.29 is 9.53 Å². The molecule has 0 aliphatic carbocycles. The van der Waals surface area contributed by atoms with Gasteiger partial charge in [0.15, 0.2) is 5.16 Å². The Morgan fingerprint density at radius 1 is 1.04 bits per heavy atom. The molecule has 0 N–H and O–H groups in total. The first-order valence-electron chi connectivity index (χ1n) is 8.34. The molecule has 0 amide bonds. The van der Waals surface area contributed by atoms with Gasteiger partial charge in [0.05, 0.1) is 17.1 Å². The summed E-state index contributed by atoms with van der Waals surface area (Å²) in [5.41, 5.74) is 2.24. The van der Waals surface area contributed by atoms with Crippen LogP contribution in [0.25, 0.3) is 11.4 Å². The molecule has 0 aliphatic rings. The second kappa shape index (κ2) is 11.3. The Kier molecular flexibility index (Phi) is 8.67. The molecular formula is C19H19ClN4O2S. The Balaban J connectivity index is 0.00000126. The molecule has 0 fully saturated rings. The molecule has 8 heteroatoms. The van der Waals surface area contributed by atoms with Crippen LogP contribution in [0.3, 0.4) is 0 Å². The van der Waals surface area contributed by atoms with Gasteiger partial charge in [0.25, 0.3) is 0 Å². The van der Waals surface area contributed by atoms with Crippen molar-refractivity contribution in [1.82, 2.24) is 19.9 Å². The lowest BCUT2D eigenvalue weighted by atomic mass is 10.3. The van der Waals surface area contributed by atoms with Crippen LogP contribution in [-0.4, -0.2) is 31.7 Å². The van der Waals surface area contributed by atoms with Crippen molar-refractivity contribution in [3.8, 4) is 11.4 Å². The molecule has 3 aromatic heterocycles. The largest absolute Gasteiger partial charge is 0.460 e. The van der Waals surface area contributed by atoms with Crippen molar-refractivity contribution in [2.24, 2.45) is 0 Å². The van der Waals surface area contributed by atoms with Gasteiger partial charge in [-0.3, -0.25) is 9.78 Å². The summed E-state index contributed by atoms with van der Waals surface area (Å²) in [5, 5.41) is 0.892. The lowest BCUT2D eigenvalue weighted by Gasteiger charge is -2.05. The monoisotopic (exact) mass is 402 g/mol. The Morgan fingerprint density at radius 3 is 2.59 bits per heavy atom. The second-order valence-corrected chi connectivity index (χ2v) is 6.21. The molecule has 3 rings (SSSR count). The number of rotatable bonds is 6. The molecule has 140 valence electrons. The summed E-state index contributed by atoms with van der Waals surface area (Å²) in [5.74, 6) is -0.237. The molecule has 0 bridgehead atoms. The van der Waals surface area contributed by atoms with Gasteiger partial charge in [-0.2, -0.15) is 0 Å². The van der Waals surface area contributed by atoms with E-state index in [-0.39, 0.29) is 18.3 Å². The highest BCUT2D eigenvalue weighted by atomic mass is 35.5. The molecular weight excluding hydrogens is 384 g/mol. The van der Waals surface area contributed by atoms with Crippen molar-refractivity contribution in [1.29, 1.82) is 0 Å². The van der Waals surface area contributed by atoms with Gasteiger partial charge in [-0.05, 0) is 24.3 Å². The summed E-state index contributed by atoms with van der Waals surface area (Å²) < 4.78 is 5.19. The minimum absolute atomic E-state index is 0.118. The third-order valence-electron chi connectivity index (χ3n) is 3.07. The van der Waals surface area contributed by atoms with Crippen LogP contribution >= 0.6 is 23.4 Å². The third-order valence-corrected chi connectivity index (χ3v) is 4.13. The van der Waals surface area contributed by atoms with E-state index in [1.165, 1.54) is 11.8 Å². The highest BCUT2D eigenvalue weighted by Gasteiger charge is 2.08. The SMILES string of the molecule is CC.O=C(CSc1nccc(-c2ccccn2)n1)OCc1ccc(Cl)nc1. The van der Waals surface area contributed by atoms with Crippen LogP contribution in [-0.2, 0) is 16.1 Å². The summed E-state index contributed by atoms with van der Waals surface area (Å²) in [4.78, 5) is 28.6. The molecule has 0 radical (unpaired) electrons. The molecule has 3 heterocycles. The highest BCUT2D eigenvalue weighted by Crippen LogP contribution is 2.18. The fourth-order valence-electron chi connectivity index (χ4n) is 1.89. The molecule has 0 aliphatic heterocycles. The number of hydrogen-bond acceptors (Lipinski definition) is 7. The number of carbonyl (C=O) groups excluding carboxylic acids is 1. The molecule has 0 aromatic carbocycles. The molecule has 0 saturated carbocycles. The lowest BCUT2D eigenvalue weighted by Crippen LogP contribution is -2.08. The maximum Gasteiger partial charge on any atom is 0.316 e. The molecule has 0 spiro atoms. The van der Waals surface area contributed by atoms with E-state index in [0.29, 0.717) is 16.0 Å². The van der Waals surface area contributed by atoms with Gasteiger partial charge in [-0.1, -0.05) is 49.3 Å². The normalized spacial score (nSPS) is 9.89. The van der Waals surface area contributed by atoms with Crippen LogP contribution in [0.5, 0.6) is 0 Å². The average molecular weight is 403 g/mol. The van der Waals surface area contributed by atoms with Crippen LogP contribution in [0.1, 0.15) is 19.4 Å². The van der Waals surface area contributed by atoms with E-state index in [2.05, 4.69) is 19.9 Å². The Hall–Kier alpha value is -2.51. The average Bonchev–Trinajstić information content (AvgIpc) is 2.74. The van der Waals surface area contributed by atoms with Crippen molar-refractivity contribution in [2.45, 2.75) is 25.6 Å². The number of halogens is 1. The number of aromatic nitrogens is 4. The van der Waals surface area contributed by atoms with Gasteiger partial charge in [-0.25, -0.2) is 15.0 Å². The highest BCUT2D eigenvalue weighted by molar-refractivity contribution is 7.99. The molecule has 6 nitrogen and oxygen atoms in total. The summed E-state index contributed by atoms with van der Waals surface area (Å²) in [6.07, 6.45) is 4.92. The van der Waals surface area contributed by atoms with E-state index in [9.17, 15) is 4.79 Å². The number of esters is 1. The number of carbonyl (C=O) groups is 1. The zero-order valence-electron chi connectivity index (χ0n) is 15.0. The first-order chi connectivity index (χ1) is 13.2. The zero-order chi connectivity index (χ0) is 19.5. The molecule has 3 aromatic rings. The fraction of sp³-hybridized carbons (Fsp3) is 0.211. The maximum absolute atomic E-state index is 11.9. The first kappa shape index (κ1) is 20.8. The van der Waals surface area contributed by atoms with E-state index in [1.54, 1.807) is 36.8 Å². The Morgan fingerprint density at radius 2 is 1.89 bits per heavy atom. The minimum atomic E-state index is -0.355. The first-order valence-corrected chi connectivity index (χ1v) is 9.70. The minimum Gasteiger partial charge on any atom is -0.460 e. The third kappa shape index (κ3) is 6.96. The van der Waals surface area contributed by atoms with Crippen LogP contribution < -0.4 is 0 Å². The number of thioether (sulfide) groups is 1. The van der Waals surface area contributed by atoms with Gasteiger partial charge in [0, 0.05) is 24.2 Å². The fourth-order valence-corrected chi connectivity index (χ4v) is 2.63. The predicted octanol–water partition coefficient (Wildman–Crippen LogP) is 4.45. The quantitative estimate of drug-likeness (QED) is 0.261. The number of nitrogens with zero attached hydrogens (tertiary/aromatic N) is 4. The van der Waals surface area contributed by atoms with Gasteiger partial charge < -0.3 is 4.74 Å². The van der Waals surface area contributed by atoms with Crippen LogP contribution in [0, 0.1) is 0 Å². The van der Waals surface area contributed by atoms with Crippen molar-refractivity contribution in [2.75, 3.05) is 5.75 Å². The van der Waals surface area contributed by atoms with E-state index in [0.717, 1.165) is 11.3 Å². The van der Waals surface area contributed by atoms with E-state index < -0.39 is 0 Å². The Bertz CT molecular complexity index is 848. The van der Waals surface area contributed by atoms with Crippen LogP contribution in [0.2, 0.25) is 5.15 Å². The Labute approximate surface area is 167 Å². The van der Waals surface area contributed by atoms with Gasteiger partial charge in [0.2, 0.25) is 0 Å². The van der Waals surface area contributed by atoms with Crippen molar-refractivity contribution in [3.63, 3.8) is 0 Å². The summed E-state index contributed by atoms with van der Waals surface area (Å²) in [6.45, 7) is 4.15. The van der Waals surface area contributed by atoms with E-state index >= 15 is 0 Å². The zero-order valence-corrected chi connectivity index (χ0v) is 16.6. The van der Waals surface area contributed by atoms with Crippen LogP contribution in [0.4, 0.5) is 0 Å². The number of ether oxygens (including phenoxy) is 1. The van der Waals surface area contributed by atoms with Crippen LogP contribution in [0.15, 0.2) is 60.1 Å². The summed E-state index contributed by atoms with van der Waals surface area (Å²) >= 11 is 6.92. The standard InChI is InChI=1S/C17H13ClN4O2S.C2H6/c18-15-5-4-12(9-21-15)10-24-16(23)11-25-17-20-8-6-14(22-17)13-3-1-2-7-19-13;1-2/h1-9H,10-11H2;1-2H3. The van der Waals surface area contributed by atoms with Gasteiger partial charge in [0.1, 0.15) is 11.8 Å². The van der Waals surface area contributed by atoms with Crippen molar-refractivity contribution >= 4 is 29.3 Å². The van der Waals surface area contributed by atoms with Crippen molar-refractivity contribution in [3.05, 3.63) is 65.7 Å². The second-order valence-electron chi connectivity index (χ2n) is 4.88. The number of pyridine rings is 2. The van der Waals surface area contributed by atoms with E-state index in [4.69, 9.17) is 16.3 Å². The van der Waals surface area contributed by atoms with Gasteiger partial charge >= 0.3 is 5.97 Å². The smallest absolute Gasteiger partial charge is 0.316 e. The van der Waals surface area contributed by atoms with Gasteiger partial charge in [-0.15, -0.1) is 0 Å². The lowest BCUT2D eigenvalue weighted by molar-refractivity contribution is -0.141. The number of hydrogen-bond donors (Lipinski definition) is 0. The predicted molar refractivity (Wildman–Crippen MR) is 106 cm³/mol.